The lowest BCUT2D eigenvalue weighted by atomic mass is 10.2. The summed E-state index contributed by atoms with van der Waals surface area (Å²) >= 11 is 5.82. The van der Waals surface area contributed by atoms with Crippen LogP contribution in [0.4, 0.5) is 0 Å². The summed E-state index contributed by atoms with van der Waals surface area (Å²) in [5.74, 6) is -0.170. The van der Waals surface area contributed by atoms with E-state index >= 15 is 0 Å². The van der Waals surface area contributed by atoms with E-state index < -0.39 is 10.0 Å². The van der Waals surface area contributed by atoms with E-state index in [-0.39, 0.29) is 29.0 Å². The summed E-state index contributed by atoms with van der Waals surface area (Å²) in [4.78, 5) is 18.3. The van der Waals surface area contributed by atoms with Gasteiger partial charge in [-0.3, -0.25) is 4.79 Å². The standard InChI is InChI=1S/C17H18ClN3O3S/c1-13-2-4-15(5-3-13)25(23,24)21-10-8-20(9-11-21)17(22)14-6-7-19-16(18)12-14/h2-7,12H,8-11H2,1H3. The topological polar surface area (TPSA) is 70.6 Å². The van der Waals surface area contributed by atoms with Crippen LogP contribution in [-0.4, -0.2) is 54.7 Å². The Morgan fingerprint density at radius 1 is 1.08 bits per heavy atom. The molecule has 1 saturated heterocycles. The molecule has 0 atom stereocenters. The van der Waals surface area contributed by atoms with Gasteiger partial charge in [-0.25, -0.2) is 13.4 Å². The van der Waals surface area contributed by atoms with Gasteiger partial charge in [-0.05, 0) is 31.2 Å². The zero-order valence-electron chi connectivity index (χ0n) is 13.7. The second-order valence-electron chi connectivity index (χ2n) is 5.88. The van der Waals surface area contributed by atoms with Crippen LogP contribution in [0.15, 0.2) is 47.5 Å². The number of benzene rings is 1. The molecule has 0 spiro atoms. The fourth-order valence-electron chi connectivity index (χ4n) is 2.71. The van der Waals surface area contributed by atoms with Crippen molar-refractivity contribution in [1.29, 1.82) is 0 Å². The number of amides is 1. The number of carbonyl (C=O) groups excluding carboxylic acids is 1. The van der Waals surface area contributed by atoms with Crippen molar-refractivity contribution in [2.24, 2.45) is 0 Å². The van der Waals surface area contributed by atoms with Crippen molar-refractivity contribution in [3.05, 3.63) is 58.9 Å². The normalized spacial score (nSPS) is 16.0. The van der Waals surface area contributed by atoms with Crippen LogP contribution >= 0.6 is 11.6 Å². The minimum absolute atomic E-state index is 0.170. The van der Waals surface area contributed by atoms with Crippen LogP contribution in [0.25, 0.3) is 0 Å². The Hall–Kier alpha value is -1.96. The molecule has 2 heterocycles. The van der Waals surface area contributed by atoms with Gasteiger partial charge in [0.2, 0.25) is 10.0 Å². The molecule has 0 radical (unpaired) electrons. The Morgan fingerprint density at radius 2 is 1.72 bits per heavy atom. The number of hydrogen-bond donors (Lipinski definition) is 0. The lowest BCUT2D eigenvalue weighted by Gasteiger charge is -2.34. The summed E-state index contributed by atoms with van der Waals surface area (Å²) in [5.41, 5.74) is 1.46. The summed E-state index contributed by atoms with van der Waals surface area (Å²) < 4.78 is 26.8. The van der Waals surface area contributed by atoms with Gasteiger partial charge in [0, 0.05) is 37.9 Å². The van der Waals surface area contributed by atoms with Crippen LogP contribution in [0.2, 0.25) is 5.15 Å². The third kappa shape index (κ3) is 3.84. The fourth-order valence-corrected chi connectivity index (χ4v) is 4.31. The summed E-state index contributed by atoms with van der Waals surface area (Å²) in [6.07, 6.45) is 1.48. The van der Waals surface area contributed by atoms with E-state index in [0.29, 0.717) is 18.7 Å². The van der Waals surface area contributed by atoms with Crippen LogP contribution in [0.3, 0.4) is 0 Å². The number of pyridine rings is 1. The van der Waals surface area contributed by atoms with E-state index in [0.717, 1.165) is 5.56 Å². The van der Waals surface area contributed by atoms with E-state index in [4.69, 9.17) is 11.6 Å². The number of sulfonamides is 1. The van der Waals surface area contributed by atoms with E-state index in [1.54, 1.807) is 35.2 Å². The highest BCUT2D eigenvalue weighted by molar-refractivity contribution is 7.89. The van der Waals surface area contributed by atoms with Crippen LogP contribution in [0.5, 0.6) is 0 Å². The molecule has 0 saturated carbocycles. The van der Waals surface area contributed by atoms with E-state index in [1.807, 2.05) is 6.92 Å². The van der Waals surface area contributed by atoms with Crippen molar-refractivity contribution in [3.8, 4) is 0 Å². The molecule has 8 heteroatoms. The number of carbonyl (C=O) groups is 1. The predicted molar refractivity (Wildman–Crippen MR) is 95.1 cm³/mol. The van der Waals surface area contributed by atoms with Gasteiger partial charge in [0.05, 0.1) is 4.90 Å². The van der Waals surface area contributed by atoms with Crippen LogP contribution in [0, 0.1) is 6.92 Å². The van der Waals surface area contributed by atoms with Crippen LogP contribution in [-0.2, 0) is 10.0 Å². The lowest BCUT2D eigenvalue weighted by molar-refractivity contribution is 0.0698. The highest BCUT2D eigenvalue weighted by Crippen LogP contribution is 2.19. The third-order valence-electron chi connectivity index (χ3n) is 4.16. The van der Waals surface area contributed by atoms with Gasteiger partial charge < -0.3 is 4.90 Å². The number of halogens is 1. The molecule has 0 bridgehead atoms. The molecule has 0 unspecified atom stereocenters. The van der Waals surface area contributed by atoms with Crippen molar-refractivity contribution in [2.75, 3.05) is 26.2 Å². The Labute approximate surface area is 152 Å². The maximum atomic E-state index is 12.7. The smallest absolute Gasteiger partial charge is 0.254 e. The SMILES string of the molecule is Cc1ccc(S(=O)(=O)N2CCN(C(=O)c3ccnc(Cl)c3)CC2)cc1. The van der Waals surface area contributed by atoms with Crippen molar-refractivity contribution >= 4 is 27.5 Å². The third-order valence-corrected chi connectivity index (χ3v) is 6.28. The van der Waals surface area contributed by atoms with Crippen LogP contribution < -0.4 is 0 Å². The van der Waals surface area contributed by atoms with Crippen molar-refractivity contribution in [2.45, 2.75) is 11.8 Å². The minimum Gasteiger partial charge on any atom is -0.336 e. The molecule has 3 rings (SSSR count). The molecular weight excluding hydrogens is 362 g/mol. The van der Waals surface area contributed by atoms with Crippen molar-refractivity contribution in [1.82, 2.24) is 14.2 Å². The Balaban J connectivity index is 1.69. The molecule has 132 valence electrons. The number of nitrogens with zero attached hydrogens (tertiary/aromatic N) is 3. The maximum absolute atomic E-state index is 12.7. The van der Waals surface area contributed by atoms with E-state index in [1.165, 1.54) is 16.6 Å². The molecule has 1 amide bonds. The van der Waals surface area contributed by atoms with Gasteiger partial charge in [0.1, 0.15) is 5.15 Å². The van der Waals surface area contributed by atoms with Gasteiger partial charge >= 0.3 is 0 Å². The fraction of sp³-hybridized carbons (Fsp3) is 0.294. The first kappa shape index (κ1) is 17.8. The van der Waals surface area contributed by atoms with Gasteiger partial charge in [-0.15, -0.1) is 0 Å². The molecule has 1 aromatic carbocycles. The first-order chi connectivity index (χ1) is 11.9. The maximum Gasteiger partial charge on any atom is 0.254 e. The summed E-state index contributed by atoms with van der Waals surface area (Å²) in [5, 5.41) is 0.256. The van der Waals surface area contributed by atoms with E-state index in [2.05, 4.69) is 4.98 Å². The van der Waals surface area contributed by atoms with Gasteiger partial charge in [-0.2, -0.15) is 4.31 Å². The predicted octanol–water partition coefficient (Wildman–Crippen LogP) is 2.19. The Kier molecular flexibility index (Phi) is 5.08. The lowest BCUT2D eigenvalue weighted by Crippen LogP contribution is -2.50. The number of piperazine rings is 1. The zero-order valence-corrected chi connectivity index (χ0v) is 15.3. The second kappa shape index (κ2) is 7.11. The highest BCUT2D eigenvalue weighted by atomic mass is 35.5. The highest BCUT2D eigenvalue weighted by Gasteiger charge is 2.30. The molecule has 0 aliphatic carbocycles. The second-order valence-corrected chi connectivity index (χ2v) is 8.20. The molecule has 1 aliphatic rings. The zero-order chi connectivity index (χ0) is 18.0. The van der Waals surface area contributed by atoms with Gasteiger partial charge in [0.15, 0.2) is 0 Å². The molecule has 1 fully saturated rings. The number of rotatable bonds is 3. The molecule has 25 heavy (non-hydrogen) atoms. The summed E-state index contributed by atoms with van der Waals surface area (Å²) in [6.45, 7) is 3.11. The molecule has 2 aromatic rings. The molecule has 1 aliphatic heterocycles. The van der Waals surface area contributed by atoms with E-state index in [9.17, 15) is 13.2 Å². The summed E-state index contributed by atoms with van der Waals surface area (Å²) in [6, 6.07) is 9.89. The van der Waals surface area contributed by atoms with Gasteiger partial charge in [0.25, 0.3) is 5.91 Å². The minimum atomic E-state index is -3.54. The van der Waals surface area contributed by atoms with Crippen LogP contribution in [0.1, 0.15) is 15.9 Å². The number of aromatic nitrogens is 1. The largest absolute Gasteiger partial charge is 0.336 e. The van der Waals surface area contributed by atoms with Crippen molar-refractivity contribution in [3.63, 3.8) is 0 Å². The molecule has 0 N–H and O–H groups in total. The van der Waals surface area contributed by atoms with Crippen molar-refractivity contribution < 1.29 is 13.2 Å². The summed E-state index contributed by atoms with van der Waals surface area (Å²) in [7, 11) is -3.54. The first-order valence-electron chi connectivity index (χ1n) is 7.85. The Bertz CT molecular complexity index is 876. The number of hydrogen-bond acceptors (Lipinski definition) is 4. The quantitative estimate of drug-likeness (QED) is 0.766. The Morgan fingerprint density at radius 3 is 2.32 bits per heavy atom. The first-order valence-corrected chi connectivity index (χ1v) is 9.67. The molecule has 1 aromatic heterocycles. The average Bonchev–Trinajstić information content (AvgIpc) is 2.61. The van der Waals surface area contributed by atoms with Gasteiger partial charge in [-0.1, -0.05) is 29.3 Å². The molecule has 6 nitrogen and oxygen atoms in total. The monoisotopic (exact) mass is 379 g/mol. The molecular formula is C17H18ClN3O3S. The average molecular weight is 380 g/mol. The number of aryl methyl sites for hydroxylation is 1.